The summed E-state index contributed by atoms with van der Waals surface area (Å²) in [7, 11) is 0. The summed E-state index contributed by atoms with van der Waals surface area (Å²) >= 11 is 0. The van der Waals surface area contributed by atoms with Crippen LogP contribution >= 0.6 is 0 Å². The Kier molecular flexibility index (Phi) is 2.06. The molecule has 0 unspecified atom stereocenters. The van der Waals surface area contributed by atoms with Gasteiger partial charge in [0.1, 0.15) is 6.61 Å². The van der Waals surface area contributed by atoms with Gasteiger partial charge in [0, 0.05) is 5.56 Å². The minimum absolute atomic E-state index is 0.0527. The Labute approximate surface area is 81.1 Å². The summed E-state index contributed by atoms with van der Waals surface area (Å²) in [6.07, 6.45) is 0. The molecule has 5 heteroatoms. The number of amidine groups is 1. The van der Waals surface area contributed by atoms with E-state index in [-0.39, 0.29) is 12.0 Å². The maximum atomic E-state index is 5.22. The predicted octanol–water partition coefficient (Wildman–Crippen LogP) is 0.478. The molecule has 0 amide bonds. The molecule has 5 nitrogen and oxygen atoms in total. The van der Waals surface area contributed by atoms with Crippen molar-refractivity contribution >= 4 is 17.7 Å². The highest BCUT2D eigenvalue weighted by atomic mass is 16.5. The van der Waals surface area contributed by atoms with Crippen LogP contribution in [0.5, 0.6) is 0 Å². The highest BCUT2D eigenvalue weighted by Gasteiger charge is 2.11. The highest BCUT2D eigenvalue weighted by Crippen LogP contribution is 2.23. The molecule has 0 radical (unpaired) electrons. The first-order valence-electron chi connectivity index (χ1n) is 4.15. The van der Waals surface area contributed by atoms with Crippen LogP contribution in [-0.4, -0.2) is 12.0 Å². The molecule has 0 aromatic heterocycles. The molecular weight excluding hydrogens is 180 g/mol. The van der Waals surface area contributed by atoms with E-state index in [9.17, 15) is 0 Å². The fourth-order valence-corrected chi connectivity index (χ4v) is 1.19. The van der Waals surface area contributed by atoms with Crippen LogP contribution in [0.1, 0.15) is 5.56 Å². The number of para-hydroxylation sites is 1. The zero-order valence-corrected chi connectivity index (χ0v) is 7.47. The van der Waals surface area contributed by atoms with Crippen LogP contribution in [-0.2, 0) is 11.3 Å². The van der Waals surface area contributed by atoms with Crippen molar-refractivity contribution in [2.45, 2.75) is 6.61 Å². The lowest BCUT2D eigenvalue weighted by Gasteiger charge is -2.13. The molecule has 0 aliphatic carbocycles. The molecule has 1 aliphatic rings. The molecule has 1 aromatic carbocycles. The summed E-state index contributed by atoms with van der Waals surface area (Å²) in [6, 6.07) is 7.89. The number of guanidine groups is 1. The van der Waals surface area contributed by atoms with Crippen molar-refractivity contribution < 1.29 is 4.74 Å². The molecule has 0 bridgehead atoms. The van der Waals surface area contributed by atoms with Crippen LogP contribution in [0.2, 0.25) is 0 Å². The van der Waals surface area contributed by atoms with Crippen molar-refractivity contribution in [3.63, 3.8) is 0 Å². The molecule has 0 fully saturated rings. The summed E-state index contributed by atoms with van der Waals surface area (Å²) in [6.45, 7) is 0.450. The van der Waals surface area contributed by atoms with E-state index in [1.54, 1.807) is 0 Å². The molecule has 14 heavy (non-hydrogen) atoms. The third-order valence-corrected chi connectivity index (χ3v) is 1.79. The third kappa shape index (κ3) is 1.66. The Bertz CT molecular complexity index is 407. The van der Waals surface area contributed by atoms with Gasteiger partial charge in [-0.05, 0) is 6.07 Å². The number of fused-ring (bicyclic) bond motifs is 1. The van der Waals surface area contributed by atoms with Crippen LogP contribution in [0.25, 0.3) is 0 Å². The van der Waals surface area contributed by atoms with E-state index in [4.69, 9.17) is 16.2 Å². The molecule has 0 atom stereocenters. The highest BCUT2D eigenvalue weighted by molar-refractivity contribution is 5.92. The Morgan fingerprint density at radius 2 is 2.14 bits per heavy atom. The number of nitrogens with zero attached hydrogens (tertiary/aromatic N) is 2. The molecule has 1 heterocycles. The SMILES string of the molecule is NC(N)=NC1=Nc2ccccc2CO1. The van der Waals surface area contributed by atoms with E-state index < -0.39 is 0 Å². The van der Waals surface area contributed by atoms with Crippen LogP contribution in [0.4, 0.5) is 5.69 Å². The molecule has 4 N–H and O–H groups in total. The van der Waals surface area contributed by atoms with Crippen molar-refractivity contribution in [1.82, 2.24) is 0 Å². The van der Waals surface area contributed by atoms with Crippen LogP contribution in [0, 0.1) is 0 Å². The van der Waals surface area contributed by atoms with Crippen molar-refractivity contribution in [3.8, 4) is 0 Å². The molecule has 0 saturated carbocycles. The van der Waals surface area contributed by atoms with Gasteiger partial charge in [0.25, 0.3) is 0 Å². The van der Waals surface area contributed by atoms with Crippen molar-refractivity contribution in [3.05, 3.63) is 29.8 Å². The fraction of sp³-hybridized carbons (Fsp3) is 0.111. The van der Waals surface area contributed by atoms with E-state index in [2.05, 4.69) is 9.98 Å². The number of rotatable bonds is 0. The standard InChI is InChI=1S/C9H10N4O/c10-8(11)13-9-12-7-4-2-1-3-6(7)5-14-9/h1-4H,5H2,(H4,10,11,12,13). The fourth-order valence-electron chi connectivity index (χ4n) is 1.19. The second kappa shape index (κ2) is 3.37. The minimum Gasteiger partial charge on any atom is -0.458 e. The monoisotopic (exact) mass is 190 g/mol. The first-order chi connectivity index (χ1) is 6.75. The second-order valence-corrected chi connectivity index (χ2v) is 2.85. The largest absolute Gasteiger partial charge is 0.458 e. The lowest BCUT2D eigenvalue weighted by atomic mass is 10.2. The molecule has 72 valence electrons. The van der Waals surface area contributed by atoms with Gasteiger partial charge in [-0.15, -0.1) is 0 Å². The maximum Gasteiger partial charge on any atom is 0.320 e. The van der Waals surface area contributed by atoms with E-state index in [0.717, 1.165) is 11.3 Å². The summed E-state index contributed by atoms with van der Waals surface area (Å²) < 4.78 is 5.22. The Balaban J connectivity index is 2.36. The van der Waals surface area contributed by atoms with E-state index in [1.807, 2.05) is 24.3 Å². The lowest BCUT2D eigenvalue weighted by Crippen LogP contribution is -2.25. The minimum atomic E-state index is -0.0527. The lowest BCUT2D eigenvalue weighted by molar-refractivity contribution is 0.282. The molecule has 2 rings (SSSR count). The third-order valence-electron chi connectivity index (χ3n) is 1.79. The summed E-state index contributed by atoms with van der Waals surface area (Å²) in [5.41, 5.74) is 12.3. The second-order valence-electron chi connectivity index (χ2n) is 2.85. The maximum absolute atomic E-state index is 5.22. The van der Waals surface area contributed by atoms with Gasteiger partial charge < -0.3 is 16.2 Å². The van der Waals surface area contributed by atoms with Crippen molar-refractivity contribution in [2.75, 3.05) is 0 Å². The van der Waals surface area contributed by atoms with Gasteiger partial charge in [-0.2, -0.15) is 9.98 Å². The number of nitrogens with two attached hydrogens (primary N) is 2. The van der Waals surface area contributed by atoms with Crippen molar-refractivity contribution in [2.24, 2.45) is 21.5 Å². The van der Waals surface area contributed by atoms with Crippen LogP contribution < -0.4 is 11.5 Å². The predicted molar refractivity (Wildman–Crippen MR) is 54.1 cm³/mol. The van der Waals surface area contributed by atoms with Gasteiger partial charge in [-0.25, -0.2) is 0 Å². The number of ether oxygens (including phenoxy) is 1. The molecular formula is C9H10N4O. The van der Waals surface area contributed by atoms with Gasteiger partial charge >= 0.3 is 6.02 Å². The number of hydrogen-bond donors (Lipinski definition) is 2. The van der Waals surface area contributed by atoms with Gasteiger partial charge in [-0.3, -0.25) is 0 Å². The van der Waals surface area contributed by atoms with Gasteiger partial charge in [0.2, 0.25) is 0 Å². The summed E-state index contributed by atoms with van der Waals surface area (Å²) in [5.74, 6) is -0.0527. The normalized spacial score (nSPS) is 13.6. The average molecular weight is 190 g/mol. The number of hydrogen-bond acceptors (Lipinski definition) is 3. The number of aliphatic imine (C=N–C) groups is 2. The quantitative estimate of drug-likeness (QED) is 0.460. The summed E-state index contributed by atoms with van der Waals surface area (Å²) in [4.78, 5) is 7.87. The van der Waals surface area contributed by atoms with Crippen LogP contribution in [0.3, 0.4) is 0 Å². The first kappa shape index (κ1) is 8.55. The van der Waals surface area contributed by atoms with Crippen molar-refractivity contribution in [1.29, 1.82) is 0 Å². The van der Waals surface area contributed by atoms with E-state index >= 15 is 0 Å². The smallest absolute Gasteiger partial charge is 0.320 e. The molecule has 0 saturated heterocycles. The van der Waals surface area contributed by atoms with Gasteiger partial charge in [0.15, 0.2) is 5.96 Å². The average Bonchev–Trinajstić information content (AvgIpc) is 2.17. The van der Waals surface area contributed by atoms with E-state index in [0.29, 0.717) is 6.61 Å². The molecule has 1 aliphatic heterocycles. The Morgan fingerprint density at radius 1 is 1.36 bits per heavy atom. The molecule has 1 aromatic rings. The zero-order chi connectivity index (χ0) is 9.97. The number of benzene rings is 1. The van der Waals surface area contributed by atoms with Gasteiger partial charge in [0.05, 0.1) is 5.69 Å². The molecule has 0 spiro atoms. The topological polar surface area (TPSA) is 86.0 Å². The van der Waals surface area contributed by atoms with E-state index in [1.165, 1.54) is 0 Å². The zero-order valence-electron chi connectivity index (χ0n) is 7.47. The van der Waals surface area contributed by atoms with Crippen LogP contribution in [0.15, 0.2) is 34.3 Å². The summed E-state index contributed by atoms with van der Waals surface area (Å²) in [5, 5.41) is 0. The van der Waals surface area contributed by atoms with Gasteiger partial charge in [-0.1, -0.05) is 18.2 Å². The Hall–Kier alpha value is -2.04. The first-order valence-corrected chi connectivity index (χ1v) is 4.15. The Morgan fingerprint density at radius 3 is 2.93 bits per heavy atom.